The van der Waals surface area contributed by atoms with Crippen LogP contribution in [0.5, 0.6) is 0 Å². The predicted molar refractivity (Wildman–Crippen MR) is 97.3 cm³/mol. The number of benzene rings is 1. The smallest absolute Gasteiger partial charge is 0.107 e. The topological polar surface area (TPSA) is 29.8 Å². The van der Waals surface area contributed by atoms with Crippen LogP contribution in [0.15, 0.2) is 59.2 Å². The van der Waals surface area contributed by atoms with Crippen LogP contribution in [0.4, 0.5) is 0 Å². The molecule has 1 heterocycles. The third-order valence-electron chi connectivity index (χ3n) is 4.17. The van der Waals surface area contributed by atoms with E-state index in [1.54, 1.807) is 6.26 Å². The quantitative estimate of drug-likeness (QED) is 0.645. The van der Waals surface area contributed by atoms with Crippen molar-refractivity contribution >= 4 is 6.08 Å². The number of rotatable bonds is 10. The molecule has 2 N–H and O–H groups in total. The molecule has 0 radical (unpaired) electrons. The first-order valence-electron chi connectivity index (χ1n) is 8.82. The van der Waals surface area contributed by atoms with Gasteiger partial charge < -0.3 is 9.73 Å². The maximum absolute atomic E-state index is 5.64. The van der Waals surface area contributed by atoms with Gasteiger partial charge in [-0.3, -0.25) is 0 Å². The molecule has 0 spiro atoms. The largest absolute Gasteiger partial charge is 0.469 e. The Bertz CT molecular complexity index is 542. The molecule has 0 aliphatic rings. The van der Waals surface area contributed by atoms with Crippen molar-refractivity contribution in [1.29, 1.82) is 0 Å². The first-order chi connectivity index (χ1) is 11.3. The Morgan fingerprint density at radius 2 is 1.83 bits per heavy atom. The zero-order valence-electron chi connectivity index (χ0n) is 14.4. The van der Waals surface area contributed by atoms with Crippen molar-refractivity contribution in [2.24, 2.45) is 5.92 Å². The molecule has 0 aliphatic heterocycles. The fraction of sp³-hybridized carbons (Fsp3) is 0.429. The van der Waals surface area contributed by atoms with E-state index in [-0.39, 0.29) is 0 Å². The van der Waals surface area contributed by atoms with E-state index in [9.17, 15) is 0 Å². The van der Waals surface area contributed by atoms with E-state index in [0.717, 1.165) is 24.8 Å². The molecule has 23 heavy (non-hydrogen) atoms. The van der Waals surface area contributed by atoms with Gasteiger partial charge in [0.25, 0.3) is 0 Å². The average molecular weight is 312 g/mol. The molecule has 1 aromatic carbocycles. The van der Waals surface area contributed by atoms with E-state index in [4.69, 9.17) is 4.42 Å². The van der Waals surface area contributed by atoms with Gasteiger partial charge in [-0.2, -0.15) is 0 Å². The highest BCUT2D eigenvalue weighted by Gasteiger charge is 2.15. The van der Waals surface area contributed by atoms with E-state index >= 15 is 0 Å². The number of hydrogen-bond acceptors (Lipinski definition) is 1. The molecule has 124 valence electrons. The number of quaternary nitrogens is 1. The van der Waals surface area contributed by atoms with Crippen LogP contribution in [0.3, 0.4) is 0 Å². The lowest BCUT2D eigenvalue weighted by Crippen LogP contribution is -2.84. The molecule has 0 amide bonds. The molecule has 0 unspecified atom stereocenters. The number of hydrogen-bond donors (Lipinski definition) is 1. The summed E-state index contributed by atoms with van der Waals surface area (Å²) in [5.41, 5.74) is 1.27. The fourth-order valence-electron chi connectivity index (χ4n) is 2.79. The van der Waals surface area contributed by atoms with Gasteiger partial charge in [0, 0.05) is 12.3 Å². The van der Waals surface area contributed by atoms with Crippen LogP contribution in [0.25, 0.3) is 6.08 Å². The van der Waals surface area contributed by atoms with Gasteiger partial charge in [0.1, 0.15) is 5.76 Å². The molecule has 0 saturated heterocycles. The van der Waals surface area contributed by atoms with E-state index < -0.39 is 0 Å². The van der Waals surface area contributed by atoms with Crippen LogP contribution >= 0.6 is 0 Å². The Balaban J connectivity index is 1.70. The van der Waals surface area contributed by atoms with Gasteiger partial charge in [0.05, 0.1) is 19.4 Å². The average Bonchev–Trinajstić information content (AvgIpc) is 3.08. The van der Waals surface area contributed by atoms with Crippen molar-refractivity contribution in [2.75, 3.05) is 13.1 Å². The summed E-state index contributed by atoms with van der Waals surface area (Å²) < 4.78 is 5.64. The summed E-state index contributed by atoms with van der Waals surface area (Å²) in [4.78, 5) is 0. The summed E-state index contributed by atoms with van der Waals surface area (Å²) in [6.07, 6.45) is 9.90. The summed E-state index contributed by atoms with van der Waals surface area (Å²) in [6.45, 7) is 6.76. The van der Waals surface area contributed by atoms with E-state index in [0.29, 0.717) is 5.92 Å². The molecule has 0 saturated carbocycles. The second kappa shape index (κ2) is 10.1. The van der Waals surface area contributed by atoms with Crippen LogP contribution in [0.1, 0.15) is 50.4 Å². The maximum atomic E-state index is 5.64. The third kappa shape index (κ3) is 6.87. The van der Waals surface area contributed by atoms with E-state index in [1.807, 2.05) is 6.07 Å². The SMILES string of the molecule is CC(C)CC[C@H](CC[NH2+]C/C=C/c1ccccc1)c1ccco1. The Labute approximate surface area is 140 Å². The summed E-state index contributed by atoms with van der Waals surface area (Å²) in [5.74, 6) is 2.46. The molecule has 0 bridgehead atoms. The second-order valence-corrected chi connectivity index (χ2v) is 6.60. The molecule has 2 rings (SSSR count). The Hall–Kier alpha value is -1.80. The van der Waals surface area contributed by atoms with Crippen LogP contribution < -0.4 is 5.32 Å². The minimum absolute atomic E-state index is 0.557. The van der Waals surface area contributed by atoms with Gasteiger partial charge in [-0.25, -0.2) is 0 Å². The minimum atomic E-state index is 0.557. The standard InChI is InChI=1S/C21H29NO/c1-18(2)12-13-20(21-11-7-17-23-21)14-16-22-15-6-10-19-8-4-3-5-9-19/h3-11,17-18,20,22H,12-16H2,1-2H3/p+1/b10-6+/t20-/m1/s1. The van der Waals surface area contributed by atoms with Crippen LogP contribution in [0, 0.1) is 5.92 Å². The Morgan fingerprint density at radius 1 is 1.00 bits per heavy atom. The van der Waals surface area contributed by atoms with Crippen LogP contribution in [0.2, 0.25) is 0 Å². The zero-order chi connectivity index (χ0) is 16.3. The van der Waals surface area contributed by atoms with Crippen molar-refractivity contribution < 1.29 is 9.73 Å². The van der Waals surface area contributed by atoms with Crippen LogP contribution in [-0.2, 0) is 0 Å². The van der Waals surface area contributed by atoms with E-state index in [2.05, 4.69) is 67.7 Å². The van der Waals surface area contributed by atoms with Gasteiger partial charge in [0.2, 0.25) is 0 Å². The van der Waals surface area contributed by atoms with Gasteiger partial charge in [0.15, 0.2) is 0 Å². The van der Waals surface area contributed by atoms with Gasteiger partial charge in [-0.1, -0.05) is 56.7 Å². The van der Waals surface area contributed by atoms with Crippen molar-refractivity contribution in [3.05, 3.63) is 66.1 Å². The molecule has 2 nitrogen and oxygen atoms in total. The molecule has 1 aromatic heterocycles. The van der Waals surface area contributed by atoms with E-state index in [1.165, 1.54) is 24.8 Å². The summed E-state index contributed by atoms with van der Waals surface area (Å²) in [7, 11) is 0. The zero-order valence-corrected chi connectivity index (χ0v) is 14.4. The van der Waals surface area contributed by atoms with Crippen molar-refractivity contribution in [3.8, 4) is 0 Å². The maximum Gasteiger partial charge on any atom is 0.107 e. The Morgan fingerprint density at radius 3 is 2.52 bits per heavy atom. The molecular weight excluding hydrogens is 282 g/mol. The van der Waals surface area contributed by atoms with Crippen LogP contribution in [-0.4, -0.2) is 13.1 Å². The number of furan rings is 1. The summed E-state index contributed by atoms with van der Waals surface area (Å²) in [6, 6.07) is 14.6. The Kier molecular flexibility index (Phi) is 7.68. The molecular formula is C21H30NO+. The van der Waals surface area contributed by atoms with Gasteiger partial charge in [-0.05, 0) is 36.1 Å². The lowest BCUT2D eigenvalue weighted by atomic mass is 9.93. The molecule has 2 heteroatoms. The summed E-state index contributed by atoms with van der Waals surface area (Å²) >= 11 is 0. The lowest BCUT2D eigenvalue weighted by molar-refractivity contribution is -0.646. The predicted octanol–water partition coefficient (Wildman–Crippen LogP) is 4.47. The third-order valence-corrected chi connectivity index (χ3v) is 4.17. The highest BCUT2D eigenvalue weighted by molar-refractivity contribution is 5.48. The summed E-state index contributed by atoms with van der Waals surface area (Å²) in [5, 5.41) is 2.38. The van der Waals surface area contributed by atoms with Crippen molar-refractivity contribution in [2.45, 2.75) is 39.0 Å². The first-order valence-corrected chi connectivity index (χ1v) is 8.82. The molecule has 1 atom stereocenters. The van der Waals surface area contributed by atoms with Crippen molar-refractivity contribution in [3.63, 3.8) is 0 Å². The molecule has 0 fully saturated rings. The first kappa shape index (κ1) is 17.6. The highest BCUT2D eigenvalue weighted by atomic mass is 16.3. The molecule has 2 aromatic rings. The lowest BCUT2D eigenvalue weighted by Gasteiger charge is -2.15. The van der Waals surface area contributed by atoms with Gasteiger partial charge in [-0.15, -0.1) is 0 Å². The minimum Gasteiger partial charge on any atom is -0.469 e. The second-order valence-electron chi connectivity index (χ2n) is 6.60. The monoisotopic (exact) mass is 312 g/mol. The normalized spacial score (nSPS) is 13.0. The van der Waals surface area contributed by atoms with Crippen molar-refractivity contribution in [1.82, 2.24) is 0 Å². The molecule has 0 aliphatic carbocycles. The fourth-order valence-corrected chi connectivity index (χ4v) is 2.79. The highest BCUT2D eigenvalue weighted by Crippen LogP contribution is 2.26. The number of nitrogens with two attached hydrogens (primary N) is 1. The van der Waals surface area contributed by atoms with Gasteiger partial charge >= 0.3 is 0 Å².